The summed E-state index contributed by atoms with van der Waals surface area (Å²) in [6.07, 6.45) is 0. The maximum absolute atomic E-state index is 13.7. The zero-order valence-corrected chi connectivity index (χ0v) is 11.2. The highest BCUT2D eigenvalue weighted by Gasteiger charge is 2.15. The summed E-state index contributed by atoms with van der Waals surface area (Å²) < 4.78 is 14.8. The van der Waals surface area contributed by atoms with Crippen LogP contribution in [0.3, 0.4) is 0 Å². The minimum absolute atomic E-state index is 0.256. The Balaban J connectivity index is 2.40. The third-order valence-electron chi connectivity index (χ3n) is 2.59. The molecule has 0 spiro atoms. The minimum atomic E-state index is -0.326. The zero-order chi connectivity index (χ0) is 12.3. The van der Waals surface area contributed by atoms with E-state index in [-0.39, 0.29) is 11.9 Å². The number of benzene rings is 2. The van der Waals surface area contributed by atoms with Crippen LogP contribution < -0.4 is 11.3 Å². The van der Waals surface area contributed by atoms with E-state index < -0.39 is 0 Å². The van der Waals surface area contributed by atoms with Gasteiger partial charge in [0.15, 0.2) is 0 Å². The van der Waals surface area contributed by atoms with Crippen molar-refractivity contribution < 1.29 is 4.39 Å². The first-order chi connectivity index (χ1) is 8.22. The molecule has 0 fully saturated rings. The molecule has 2 nitrogen and oxygen atoms in total. The lowest BCUT2D eigenvalue weighted by molar-refractivity contribution is 0.560. The van der Waals surface area contributed by atoms with Crippen LogP contribution in [0.5, 0.6) is 0 Å². The van der Waals surface area contributed by atoms with Crippen LogP contribution >= 0.6 is 22.6 Å². The van der Waals surface area contributed by atoms with E-state index in [9.17, 15) is 4.39 Å². The number of halogens is 2. The molecule has 0 amide bonds. The second-order valence-electron chi connectivity index (χ2n) is 3.67. The van der Waals surface area contributed by atoms with Gasteiger partial charge in [0.1, 0.15) is 5.82 Å². The standard InChI is InChI=1S/C13H12FIN2/c14-12-4-2-1-3-11(12)13(17-16)9-5-7-10(15)8-6-9/h1-8,13,17H,16H2. The van der Waals surface area contributed by atoms with Crippen LogP contribution in [0.1, 0.15) is 17.2 Å². The zero-order valence-electron chi connectivity index (χ0n) is 9.03. The van der Waals surface area contributed by atoms with Crippen molar-refractivity contribution in [3.8, 4) is 0 Å². The molecule has 2 aromatic rings. The van der Waals surface area contributed by atoms with Gasteiger partial charge in [-0.1, -0.05) is 30.3 Å². The first kappa shape index (κ1) is 12.5. The van der Waals surface area contributed by atoms with Gasteiger partial charge in [-0.3, -0.25) is 5.84 Å². The quantitative estimate of drug-likeness (QED) is 0.511. The normalized spacial score (nSPS) is 12.4. The van der Waals surface area contributed by atoms with E-state index in [4.69, 9.17) is 5.84 Å². The van der Waals surface area contributed by atoms with Crippen molar-refractivity contribution in [2.75, 3.05) is 0 Å². The maximum atomic E-state index is 13.7. The van der Waals surface area contributed by atoms with Gasteiger partial charge in [-0.2, -0.15) is 0 Å². The van der Waals surface area contributed by atoms with E-state index in [2.05, 4.69) is 28.0 Å². The third-order valence-corrected chi connectivity index (χ3v) is 3.31. The molecule has 1 atom stereocenters. The first-order valence-corrected chi connectivity index (χ1v) is 6.26. The van der Waals surface area contributed by atoms with Gasteiger partial charge in [0, 0.05) is 9.13 Å². The highest BCUT2D eigenvalue weighted by Crippen LogP contribution is 2.24. The average Bonchev–Trinajstić information content (AvgIpc) is 2.35. The van der Waals surface area contributed by atoms with Gasteiger partial charge >= 0.3 is 0 Å². The second-order valence-corrected chi connectivity index (χ2v) is 4.92. The van der Waals surface area contributed by atoms with Crippen LogP contribution in [0, 0.1) is 9.39 Å². The summed E-state index contributed by atoms with van der Waals surface area (Å²) in [5, 5.41) is 0. The van der Waals surface area contributed by atoms with Crippen LogP contribution in [0.15, 0.2) is 48.5 Å². The minimum Gasteiger partial charge on any atom is -0.271 e. The predicted molar refractivity (Wildman–Crippen MR) is 74.7 cm³/mol. The summed E-state index contributed by atoms with van der Waals surface area (Å²) in [5.41, 5.74) is 4.15. The molecule has 0 heterocycles. The average molecular weight is 342 g/mol. The molecule has 3 N–H and O–H groups in total. The smallest absolute Gasteiger partial charge is 0.128 e. The molecule has 17 heavy (non-hydrogen) atoms. The molecular weight excluding hydrogens is 330 g/mol. The van der Waals surface area contributed by atoms with Gasteiger partial charge in [-0.05, 0) is 46.4 Å². The van der Waals surface area contributed by atoms with Crippen molar-refractivity contribution in [1.29, 1.82) is 0 Å². The summed E-state index contributed by atoms with van der Waals surface area (Å²) in [7, 11) is 0. The van der Waals surface area contributed by atoms with Crippen molar-refractivity contribution in [3.63, 3.8) is 0 Å². The Hall–Kier alpha value is -0.980. The molecule has 1 unspecified atom stereocenters. The Morgan fingerprint density at radius 3 is 2.29 bits per heavy atom. The van der Waals surface area contributed by atoms with Crippen LogP contribution in [0.25, 0.3) is 0 Å². The topological polar surface area (TPSA) is 38.0 Å². The van der Waals surface area contributed by atoms with Gasteiger partial charge in [-0.25, -0.2) is 9.82 Å². The molecule has 0 aromatic heterocycles. The highest BCUT2D eigenvalue weighted by atomic mass is 127. The Bertz CT molecular complexity index is 499. The SMILES string of the molecule is NNC(c1ccc(I)cc1)c1ccccc1F. The Morgan fingerprint density at radius 2 is 1.71 bits per heavy atom. The number of hydrogen-bond acceptors (Lipinski definition) is 2. The number of hydrogen-bond donors (Lipinski definition) is 2. The molecule has 0 radical (unpaired) electrons. The fraction of sp³-hybridized carbons (Fsp3) is 0.0769. The van der Waals surface area contributed by atoms with E-state index >= 15 is 0 Å². The van der Waals surface area contributed by atoms with E-state index in [0.29, 0.717) is 5.56 Å². The lowest BCUT2D eigenvalue weighted by atomic mass is 9.99. The van der Waals surface area contributed by atoms with Crippen LogP contribution in [-0.2, 0) is 0 Å². The summed E-state index contributed by atoms with van der Waals surface area (Å²) in [6.45, 7) is 0. The van der Waals surface area contributed by atoms with Gasteiger partial charge in [0.05, 0.1) is 6.04 Å². The Kier molecular flexibility index (Phi) is 4.09. The number of hydrazine groups is 1. The van der Waals surface area contributed by atoms with Crippen molar-refractivity contribution in [2.24, 2.45) is 5.84 Å². The van der Waals surface area contributed by atoms with E-state index in [1.165, 1.54) is 6.07 Å². The van der Waals surface area contributed by atoms with E-state index in [1.807, 2.05) is 24.3 Å². The molecule has 0 bridgehead atoms. The van der Waals surface area contributed by atoms with Crippen molar-refractivity contribution >= 4 is 22.6 Å². The number of nitrogens with two attached hydrogens (primary N) is 1. The summed E-state index contributed by atoms with van der Waals surface area (Å²) in [5.74, 6) is 5.27. The number of nitrogens with one attached hydrogen (secondary N) is 1. The van der Waals surface area contributed by atoms with Gasteiger partial charge in [-0.15, -0.1) is 0 Å². The molecule has 2 rings (SSSR count). The van der Waals surface area contributed by atoms with Crippen molar-refractivity contribution in [2.45, 2.75) is 6.04 Å². The third kappa shape index (κ3) is 2.83. The largest absolute Gasteiger partial charge is 0.271 e. The van der Waals surface area contributed by atoms with Crippen LogP contribution in [-0.4, -0.2) is 0 Å². The molecule has 4 heteroatoms. The molecular formula is C13H12FIN2. The Morgan fingerprint density at radius 1 is 1.06 bits per heavy atom. The van der Waals surface area contributed by atoms with Gasteiger partial charge < -0.3 is 0 Å². The summed E-state index contributed by atoms with van der Waals surface area (Å²) in [4.78, 5) is 0. The molecule has 0 aliphatic heterocycles. The van der Waals surface area contributed by atoms with Crippen molar-refractivity contribution in [1.82, 2.24) is 5.43 Å². The highest BCUT2D eigenvalue weighted by molar-refractivity contribution is 14.1. The summed E-state index contributed by atoms with van der Waals surface area (Å²) in [6, 6.07) is 14.1. The fourth-order valence-electron chi connectivity index (χ4n) is 1.73. The van der Waals surface area contributed by atoms with Crippen LogP contribution in [0.4, 0.5) is 4.39 Å². The molecule has 0 aliphatic rings. The molecule has 0 saturated heterocycles. The lowest BCUT2D eigenvalue weighted by Crippen LogP contribution is -2.29. The first-order valence-electron chi connectivity index (χ1n) is 5.18. The van der Waals surface area contributed by atoms with Gasteiger partial charge in [0.2, 0.25) is 0 Å². The second kappa shape index (κ2) is 5.57. The number of rotatable bonds is 3. The van der Waals surface area contributed by atoms with E-state index in [1.54, 1.807) is 18.2 Å². The molecule has 0 aliphatic carbocycles. The summed E-state index contributed by atoms with van der Waals surface area (Å²) >= 11 is 2.23. The van der Waals surface area contributed by atoms with E-state index in [0.717, 1.165) is 9.13 Å². The maximum Gasteiger partial charge on any atom is 0.128 e. The molecule has 2 aromatic carbocycles. The van der Waals surface area contributed by atoms with Crippen LogP contribution in [0.2, 0.25) is 0 Å². The van der Waals surface area contributed by atoms with Crippen molar-refractivity contribution in [3.05, 3.63) is 69.0 Å². The lowest BCUT2D eigenvalue weighted by Gasteiger charge is -2.17. The predicted octanol–water partition coefficient (Wildman–Crippen LogP) is 2.98. The Labute approximate surface area is 113 Å². The molecule has 0 saturated carbocycles. The molecule has 88 valence electrons. The van der Waals surface area contributed by atoms with Gasteiger partial charge in [0.25, 0.3) is 0 Å². The monoisotopic (exact) mass is 342 g/mol. The fourth-order valence-corrected chi connectivity index (χ4v) is 2.09.